The van der Waals surface area contributed by atoms with Gasteiger partial charge in [0.2, 0.25) is 0 Å². The first-order valence-electron chi connectivity index (χ1n) is 8.04. The number of rotatable bonds is 5. The molecule has 3 rings (SSSR count). The fourth-order valence-corrected chi connectivity index (χ4v) is 2.62. The Bertz CT molecular complexity index is 1040. The molecule has 0 aliphatic heterocycles. The van der Waals surface area contributed by atoms with Gasteiger partial charge in [-0.05, 0) is 19.1 Å². The second-order valence-electron chi connectivity index (χ2n) is 5.60. The molecule has 0 spiro atoms. The van der Waals surface area contributed by atoms with Gasteiger partial charge in [-0.2, -0.15) is 10.4 Å². The molecule has 7 heteroatoms. The Morgan fingerprint density at radius 3 is 2.77 bits per heavy atom. The highest BCUT2D eigenvalue weighted by Crippen LogP contribution is 2.29. The Morgan fingerprint density at radius 2 is 2.08 bits per heavy atom. The van der Waals surface area contributed by atoms with Gasteiger partial charge in [-0.1, -0.05) is 0 Å². The summed E-state index contributed by atoms with van der Waals surface area (Å²) < 4.78 is 13.9. The standard InChI is InChI=1S/C19H18N4O3/c1-4-26-18-8-19(24)22(2)12-16(18)14-10-21-23(11-14)17-7-15(25-3)6-5-13(17)9-20/h5-8,10-12H,4H2,1-3H3. The third-order valence-corrected chi connectivity index (χ3v) is 3.96. The van der Waals surface area contributed by atoms with Crippen LogP contribution in [0.2, 0.25) is 0 Å². The summed E-state index contributed by atoms with van der Waals surface area (Å²) in [5.41, 5.74) is 2.47. The molecule has 0 aliphatic rings. The predicted octanol–water partition coefficient (Wildman–Crippen LogP) is 2.52. The minimum Gasteiger partial charge on any atom is -0.497 e. The van der Waals surface area contributed by atoms with Crippen molar-refractivity contribution in [2.45, 2.75) is 6.92 Å². The molecule has 26 heavy (non-hydrogen) atoms. The lowest BCUT2D eigenvalue weighted by Gasteiger charge is -2.10. The third-order valence-electron chi connectivity index (χ3n) is 3.96. The summed E-state index contributed by atoms with van der Waals surface area (Å²) in [6.45, 7) is 2.31. The fraction of sp³-hybridized carbons (Fsp3) is 0.211. The molecule has 0 amide bonds. The quantitative estimate of drug-likeness (QED) is 0.706. The van der Waals surface area contributed by atoms with Crippen LogP contribution in [-0.4, -0.2) is 28.1 Å². The van der Waals surface area contributed by atoms with E-state index in [-0.39, 0.29) is 5.56 Å². The van der Waals surface area contributed by atoms with Crippen molar-refractivity contribution in [2.75, 3.05) is 13.7 Å². The number of methoxy groups -OCH3 is 1. The number of aryl methyl sites for hydroxylation is 1. The zero-order valence-electron chi connectivity index (χ0n) is 14.8. The highest BCUT2D eigenvalue weighted by molar-refractivity contribution is 5.69. The Labute approximate surface area is 150 Å². The Morgan fingerprint density at radius 1 is 1.27 bits per heavy atom. The lowest BCUT2D eigenvalue weighted by Crippen LogP contribution is -2.15. The van der Waals surface area contributed by atoms with Gasteiger partial charge in [-0.15, -0.1) is 0 Å². The average Bonchev–Trinajstić information content (AvgIpc) is 3.14. The Kier molecular flexibility index (Phi) is 4.76. The number of hydrogen-bond acceptors (Lipinski definition) is 5. The number of aromatic nitrogens is 3. The molecule has 0 saturated carbocycles. The van der Waals surface area contributed by atoms with Gasteiger partial charge in [0.25, 0.3) is 5.56 Å². The van der Waals surface area contributed by atoms with Gasteiger partial charge in [0.1, 0.15) is 17.6 Å². The van der Waals surface area contributed by atoms with Crippen LogP contribution in [0.1, 0.15) is 12.5 Å². The number of benzene rings is 1. The van der Waals surface area contributed by atoms with Crippen molar-refractivity contribution >= 4 is 0 Å². The molecule has 2 aromatic heterocycles. The van der Waals surface area contributed by atoms with Crippen molar-refractivity contribution in [3.63, 3.8) is 0 Å². The molecule has 3 aromatic rings. The molecular weight excluding hydrogens is 332 g/mol. The van der Waals surface area contributed by atoms with Crippen LogP contribution in [-0.2, 0) is 7.05 Å². The van der Waals surface area contributed by atoms with Gasteiger partial charge in [0.05, 0.1) is 31.2 Å². The molecule has 0 fully saturated rings. The van der Waals surface area contributed by atoms with Crippen LogP contribution in [0.25, 0.3) is 16.8 Å². The van der Waals surface area contributed by atoms with Crippen LogP contribution in [0.15, 0.2) is 47.7 Å². The molecular formula is C19H18N4O3. The normalized spacial score (nSPS) is 10.4. The molecule has 2 heterocycles. The summed E-state index contributed by atoms with van der Waals surface area (Å²) in [5, 5.41) is 13.7. The summed E-state index contributed by atoms with van der Waals surface area (Å²) in [6.07, 6.45) is 5.17. The van der Waals surface area contributed by atoms with E-state index in [1.165, 1.54) is 10.6 Å². The topological polar surface area (TPSA) is 82.1 Å². The van der Waals surface area contributed by atoms with Crippen LogP contribution in [0.3, 0.4) is 0 Å². The van der Waals surface area contributed by atoms with Gasteiger partial charge in [0.15, 0.2) is 0 Å². The van der Waals surface area contributed by atoms with Crippen molar-refractivity contribution < 1.29 is 9.47 Å². The van der Waals surface area contributed by atoms with Gasteiger partial charge >= 0.3 is 0 Å². The second-order valence-corrected chi connectivity index (χ2v) is 5.60. The van der Waals surface area contributed by atoms with Gasteiger partial charge in [0, 0.05) is 42.7 Å². The second kappa shape index (κ2) is 7.15. The summed E-state index contributed by atoms with van der Waals surface area (Å²) in [4.78, 5) is 11.9. The zero-order valence-corrected chi connectivity index (χ0v) is 14.8. The molecule has 0 aliphatic carbocycles. The first kappa shape index (κ1) is 17.3. The summed E-state index contributed by atoms with van der Waals surface area (Å²) in [6, 6.07) is 8.78. The number of nitrogens with zero attached hydrogens (tertiary/aromatic N) is 4. The third kappa shape index (κ3) is 3.17. The SMILES string of the molecule is CCOc1cc(=O)n(C)cc1-c1cnn(-c2cc(OC)ccc2C#N)c1. The van der Waals surface area contributed by atoms with Crippen molar-refractivity contribution in [1.29, 1.82) is 5.26 Å². The highest BCUT2D eigenvalue weighted by Gasteiger charge is 2.13. The zero-order chi connectivity index (χ0) is 18.7. The van der Waals surface area contributed by atoms with E-state index in [4.69, 9.17) is 9.47 Å². The maximum Gasteiger partial charge on any atom is 0.254 e. The first-order chi connectivity index (χ1) is 12.6. The largest absolute Gasteiger partial charge is 0.497 e. The monoisotopic (exact) mass is 350 g/mol. The van der Waals surface area contributed by atoms with Crippen LogP contribution in [0.4, 0.5) is 0 Å². The molecule has 0 unspecified atom stereocenters. The number of ether oxygens (including phenoxy) is 2. The molecule has 0 saturated heterocycles. The molecule has 132 valence electrons. The van der Waals surface area contributed by atoms with Crippen molar-refractivity contribution in [3.8, 4) is 34.4 Å². The van der Waals surface area contributed by atoms with Crippen LogP contribution in [0.5, 0.6) is 11.5 Å². The van der Waals surface area contributed by atoms with E-state index in [1.807, 2.05) is 6.92 Å². The maximum atomic E-state index is 11.9. The average molecular weight is 350 g/mol. The molecule has 7 nitrogen and oxygen atoms in total. The molecule has 0 N–H and O–H groups in total. The minimum atomic E-state index is -0.149. The summed E-state index contributed by atoms with van der Waals surface area (Å²) in [7, 11) is 3.25. The van der Waals surface area contributed by atoms with E-state index in [0.717, 1.165) is 11.1 Å². The van der Waals surface area contributed by atoms with E-state index in [9.17, 15) is 10.1 Å². The Balaban J connectivity index is 2.11. The van der Waals surface area contributed by atoms with Gasteiger partial charge in [-0.25, -0.2) is 4.68 Å². The smallest absolute Gasteiger partial charge is 0.254 e. The van der Waals surface area contributed by atoms with Gasteiger partial charge < -0.3 is 14.0 Å². The molecule has 1 aromatic carbocycles. The van der Waals surface area contributed by atoms with Crippen molar-refractivity contribution in [2.24, 2.45) is 7.05 Å². The van der Waals surface area contributed by atoms with E-state index in [0.29, 0.717) is 29.4 Å². The predicted molar refractivity (Wildman–Crippen MR) is 96.7 cm³/mol. The van der Waals surface area contributed by atoms with Crippen LogP contribution >= 0.6 is 0 Å². The number of pyridine rings is 1. The first-order valence-corrected chi connectivity index (χ1v) is 8.04. The lowest BCUT2D eigenvalue weighted by molar-refractivity contribution is 0.340. The molecule has 0 bridgehead atoms. The summed E-state index contributed by atoms with van der Waals surface area (Å²) >= 11 is 0. The van der Waals surface area contributed by atoms with Crippen LogP contribution < -0.4 is 15.0 Å². The van der Waals surface area contributed by atoms with Crippen molar-refractivity contribution in [1.82, 2.24) is 14.3 Å². The molecule has 0 radical (unpaired) electrons. The molecule has 0 atom stereocenters. The van der Waals surface area contributed by atoms with E-state index < -0.39 is 0 Å². The number of hydrogen-bond donors (Lipinski definition) is 0. The highest BCUT2D eigenvalue weighted by atomic mass is 16.5. The minimum absolute atomic E-state index is 0.149. The summed E-state index contributed by atoms with van der Waals surface area (Å²) in [5.74, 6) is 1.13. The van der Waals surface area contributed by atoms with E-state index in [2.05, 4.69) is 11.2 Å². The number of nitriles is 1. The van der Waals surface area contributed by atoms with Crippen molar-refractivity contribution in [3.05, 3.63) is 58.8 Å². The Hall–Kier alpha value is -3.53. The van der Waals surface area contributed by atoms with E-state index >= 15 is 0 Å². The lowest BCUT2D eigenvalue weighted by atomic mass is 10.1. The van der Waals surface area contributed by atoms with E-state index in [1.54, 1.807) is 55.6 Å². The van der Waals surface area contributed by atoms with Crippen LogP contribution in [0, 0.1) is 11.3 Å². The van der Waals surface area contributed by atoms with Gasteiger partial charge in [-0.3, -0.25) is 4.79 Å². The maximum absolute atomic E-state index is 11.9. The fourth-order valence-electron chi connectivity index (χ4n) is 2.62.